The molecule has 2 heterocycles. The topological polar surface area (TPSA) is 90.5 Å². The highest BCUT2D eigenvalue weighted by Gasteiger charge is 2.17. The largest absolute Gasteiger partial charge is 0.489 e. The molecule has 6 heteroatoms. The van der Waals surface area contributed by atoms with Crippen LogP contribution in [-0.4, -0.2) is 24.3 Å². The van der Waals surface area contributed by atoms with Crippen molar-refractivity contribution in [1.82, 2.24) is 4.98 Å². The minimum Gasteiger partial charge on any atom is -0.489 e. The van der Waals surface area contributed by atoms with Gasteiger partial charge in [0.1, 0.15) is 12.4 Å². The zero-order valence-electron chi connectivity index (χ0n) is 9.77. The molecular weight excluding hydrogens is 236 g/mol. The number of rotatable bonds is 3. The Morgan fingerprint density at radius 2 is 2.39 bits per heavy atom. The van der Waals surface area contributed by atoms with E-state index < -0.39 is 5.76 Å². The number of aromatic amines is 1. The maximum atomic E-state index is 11.1. The Hall–Kier alpha value is -1.95. The van der Waals surface area contributed by atoms with E-state index in [9.17, 15) is 4.79 Å². The molecule has 1 fully saturated rings. The van der Waals surface area contributed by atoms with Crippen molar-refractivity contribution in [3.05, 3.63) is 22.7 Å². The van der Waals surface area contributed by atoms with Crippen molar-refractivity contribution in [3.63, 3.8) is 0 Å². The van der Waals surface area contributed by atoms with Crippen LogP contribution in [0.5, 0.6) is 5.75 Å². The second-order valence-corrected chi connectivity index (χ2v) is 4.35. The number of H-pyrrole nitrogens is 1. The van der Waals surface area contributed by atoms with Gasteiger partial charge in [-0.3, -0.25) is 4.98 Å². The van der Waals surface area contributed by atoms with Gasteiger partial charge in [-0.05, 0) is 12.8 Å². The fourth-order valence-electron chi connectivity index (χ4n) is 2.08. The molecule has 0 spiro atoms. The summed E-state index contributed by atoms with van der Waals surface area (Å²) in [5, 5.41) is 0. The number of nitrogens with two attached hydrogens (primary N) is 1. The van der Waals surface area contributed by atoms with E-state index in [4.69, 9.17) is 19.6 Å². The van der Waals surface area contributed by atoms with Gasteiger partial charge in [-0.1, -0.05) is 0 Å². The summed E-state index contributed by atoms with van der Waals surface area (Å²) in [6.07, 6.45) is 2.20. The van der Waals surface area contributed by atoms with E-state index >= 15 is 0 Å². The lowest BCUT2D eigenvalue weighted by Crippen LogP contribution is -2.16. The van der Waals surface area contributed by atoms with Gasteiger partial charge in [-0.15, -0.1) is 0 Å². The first kappa shape index (κ1) is 11.2. The average molecular weight is 250 g/mol. The van der Waals surface area contributed by atoms with Crippen molar-refractivity contribution in [1.29, 1.82) is 0 Å². The summed E-state index contributed by atoms with van der Waals surface area (Å²) in [7, 11) is 0. The lowest BCUT2D eigenvalue weighted by atomic mass is 10.2. The number of fused-ring (bicyclic) bond motifs is 1. The molecule has 1 unspecified atom stereocenters. The number of nitrogen functional groups attached to an aromatic ring is 1. The van der Waals surface area contributed by atoms with Crippen LogP contribution in [0.1, 0.15) is 12.8 Å². The number of benzene rings is 1. The van der Waals surface area contributed by atoms with Gasteiger partial charge < -0.3 is 19.6 Å². The molecule has 0 aliphatic carbocycles. The number of oxazole rings is 1. The van der Waals surface area contributed by atoms with E-state index in [1.54, 1.807) is 12.1 Å². The van der Waals surface area contributed by atoms with Gasteiger partial charge in [0.25, 0.3) is 0 Å². The van der Waals surface area contributed by atoms with Gasteiger partial charge in [-0.25, -0.2) is 4.79 Å². The summed E-state index contributed by atoms with van der Waals surface area (Å²) in [5.41, 5.74) is 7.30. The van der Waals surface area contributed by atoms with Crippen LogP contribution in [0.25, 0.3) is 11.1 Å². The molecule has 1 aromatic carbocycles. The SMILES string of the molecule is Nc1cc2oc(=O)[nH]c2cc1OCC1CCCO1. The number of aromatic nitrogens is 1. The third kappa shape index (κ3) is 2.06. The molecule has 0 bridgehead atoms. The Labute approximate surface area is 103 Å². The molecule has 0 radical (unpaired) electrons. The maximum Gasteiger partial charge on any atom is 0.417 e. The number of ether oxygens (including phenoxy) is 2. The smallest absolute Gasteiger partial charge is 0.417 e. The van der Waals surface area contributed by atoms with Crippen molar-refractivity contribution < 1.29 is 13.9 Å². The van der Waals surface area contributed by atoms with E-state index in [1.807, 2.05) is 0 Å². The van der Waals surface area contributed by atoms with E-state index in [0.29, 0.717) is 29.1 Å². The molecule has 1 atom stereocenters. The van der Waals surface area contributed by atoms with Crippen LogP contribution >= 0.6 is 0 Å². The Balaban J connectivity index is 1.81. The van der Waals surface area contributed by atoms with Crippen molar-refractivity contribution in [2.45, 2.75) is 18.9 Å². The monoisotopic (exact) mass is 250 g/mol. The second-order valence-electron chi connectivity index (χ2n) is 4.35. The lowest BCUT2D eigenvalue weighted by Gasteiger charge is -2.12. The summed E-state index contributed by atoms with van der Waals surface area (Å²) in [4.78, 5) is 13.6. The van der Waals surface area contributed by atoms with Gasteiger partial charge in [0, 0.05) is 18.7 Å². The van der Waals surface area contributed by atoms with Crippen molar-refractivity contribution in [2.24, 2.45) is 0 Å². The molecule has 1 aliphatic rings. The number of anilines is 1. The standard InChI is InChI=1S/C12H14N2O4/c13-8-4-11-9(14-12(15)18-11)5-10(8)17-6-7-2-1-3-16-7/h4-5,7H,1-3,6,13H2,(H,14,15). The van der Waals surface area contributed by atoms with Crippen LogP contribution in [0.2, 0.25) is 0 Å². The molecule has 0 amide bonds. The number of hydrogen-bond acceptors (Lipinski definition) is 5. The Morgan fingerprint density at radius 1 is 1.50 bits per heavy atom. The molecule has 1 saturated heterocycles. The van der Waals surface area contributed by atoms with Gasteiger partial charge in [0.2, 0.25) is 0 Å². The minimum atomic E-state index is -0.499. The molecule has 0 saturated carbocycles. The van der Waals surface area contributed by atoms with Gasteiger partial charge in [-0.2, -0.15) is 0 Å². The van der Waals surface area contributed by atoms with Crippen LogP contribution in [0.4, 0.5) is 5.69 Å². The fourth-order valence-corrected chi connectivity index (χ4v) is 2.08. The van der Waals surface area contributed by atoms with E-state index in [-0.39, 0.29) is 6.10 Å². The Kier molecular flexibility index (Phi) is 2.71. The number of hydrogen-bond donors (Lipinski definition) is 2. The average Bonchev–Trinajstić information content (AvgIpc) is 2.94. The molecule has 3 rings (SSSR count). The van der Waals surface area contributed by atoms with Crippen LogP contribution in [0, 0.1) is 0 Å². The third-order valence-corrected chi connectivity index (χ3v) is 3.00. The summed E-state index contributed by atoms with van der Waals surface area (Å²) in [6, 6.07) is 3.25. The molecule has 2 aromatic rings. The normalized spacial score (nSPS) is 19.4. The highest BCUT2D eigenvalue weighted by Crippen LogP contribution is 2.27. The Bertz CT molecular complexity index is 610. The molecular formula is C12H14N2O4. The molecule has 1 aliphatic heterocycles. The highest BCUT2D eigenvalue weighted by atomic mass is 16.5. The molecule has 18 heavy (non-hydrogen) atoms. The minimum absolute atomic E-state index is 0.128. The van der Waals surface area contributed by atoms with Crippen molar-refractivity contribution >= 4 is 16.8 Å². The first-order valence-corrected chi connectivity index (χ1v) is 5.89. The van der Waals surface area contributed by atoms with Crippen LogP contribution in [0.3, 0.4) is 0 Å². The zero-order chi connectivity index (χ0) is 12.5. The second kappa shape index (κ2) is 4.38. The van der Waals surface area contributed by atoms with Crippen LogP contribution < -0.4 is 16.2 Å². The molecule has 1 aromatic heterocycles. The summed E-state index contributed by atoms with van der Waals surface area (Å²) < 4.78 is 16.0. The van der Waals surface area contributed by atoms with E-state index in [2.05, 4.69) is 4.98 Å². The van der Waals surface area contributed by atoms with Gasteiger partial charge >= 0.3 is 5.76 Å². The Morgan fingerprint density at radius 3 is 3.17 bits per heavy atom. The van der Waals surface area contributed by atoms with Crippen molar-refractivity contribution in [2.75, 3.05) is 18.9 Å². The lowest BCUT2D eigenvalue weighted by molar-refractivity contribution is 0.0682. The highest BCUT2D eigenvalue weighted by molar-refractivity contribution is 5.80. The summed E-state index contributed by atoms with van der Waals surface area (Å²) in [6.45, 7) is 1.26. The maximum absolute atomic E-state index is 11.1. The zero-order valence-corrected chi connectivity index (χ0v) is 9.77. The predicted molar refractivity (Wildman–Crippen MR) is 65.7 cm³/mol. The summed E-state index contributed by atoms with van der Waals surface area (Å²) >= 11 is 0. The van der Waals surface area contributed by atoms with E-state index in [1.165, 1.54) is 0 Å². The van der Waals surface area contributed by atoms with Gasteiger partial charge in [0.05, 0.1) is 17.3 Å². The fraction of sp³-hybridized carbons (Fsp3) is 0.417. The van der Waals surface area contributed by atoms with E-state index in [0.717, 1.165) is 19.4 Å². The van der Waals surface area contributed by atoms with Gasteiger partial charge in [0.15, 0.2) is 5.58 Å². The van der Waals surface area contributed by atoms with Crippen LogP contribution in [0.15, 0.2) is 21.3 Å². The first-order valence-electron chi connectivity index (χ1n) is 5.89. The molecule has 96 valence electrons. The first-order chi connectivity index (χ1) is 8.72. The predicted octanol–water partition coefficient (Wildman–Crippen LogP) is 1.26. The molecule has 3 N–H and O–H groups in total. The van der Waals surface area contributed by atoms with Crippen molar-refractivity contribution in [3.8, 4) is 5.75 Å². The quantitative estimate of drug-likeness (QED) is 0.800. The molecule has 6 nitrogen and oxygen atoms in total. The third-order valence-electron chi connectivity index (χ3n) is 3.00. The number of nitrogens with one attached hydrogen (secondary N) is 1. The summed E-state index contributed by atoms with van der Waals surface area (Å²) in [5.74, 6) is 0.0377. The van der Waals surface area contributed by atoms with Crippen LogP contribution in [-0.2, 0) is 4.74 Å².